The van der Waals surface area contributed by atoms with Crippen molar-refractivity contribution in [3.05, 3.63) is 62.2 Å². The number of thiophene rings is 1. The van der Waals surface area contributed by atoms with Gasteiger partial charge in [0.2, 0.25) is 0 Å². The molecule has 27 heavy (non-hydrogen) atoms. The smallest absolute Gasteiger partial charge is 0.341 e. The third-order valence-corrected chi connectivity index (χ3v) is 6.85. The summed E-state index contributed by atoms with van der Waals surface area (Å²) in [5, 5.41) is 2.88. The number of aromatic nitrogens is 1. The number of hydrogen-bond acceptors (Lipinski definition) is 5. The van der Waals surface area contributed by atoms with Gasteiger partial charge >= 0.3 is 5.97 Å². The Morgan fingerprint density at radius 2 is 2.00 bits per heavy atom. The fraction of sp³-hybridized carbons (Fsp3) is 0.333. The van der Waals surface area contributed by atoms with Crippen LogP contribution < -0.4 is 4.80 Å². The molecule has 1 aromatic carbocycles. The minimum absolute atomic E-state index is 0.241. The van der Waals surface area contributed by atoms with Gasteiger partial charge in [-0.3, -0.25) is 4.57 Å². The molecule has 4 nitrogen and oxygen atoms in total. The summed E-state index contributed by atoms with van der Waals surface area (Å²) < 4.78 is 7.49. The molecule has 0 aliphatic heterocycles. The van der Waals surface area contributed by atoms with Gasteiger partial charge in [0.15, 0.2) is 4.80 Å². The maximum atomic E-state index is 12.7. The van der Waals surface area contributed by atoms with Crippen molar-refractivity contribution < 1.29 is 9.53 Å². The standard InChI is InChI=1S/C21H22N2O2S2/c1-3-25-20(24)18-16-11-7-8-12-17(16)27-19(18)22-21-23(14(2)13-26-21)15-9-5-4-6-10-15/h4-6,9-10,13H,3,7-8,11-12H2,1-2H3. The molecule has 6 heteroatoms. The van der Waals surface area contributed by atoms with Gasteiger partial charge in [-0.25, -0.2) is 9.79 Å². The van der Waals surface area contributed by atoms with Gasteiger partial charge in [-0.05, 0) is 57.2 Å². The number of fused-ring (bicyclic) bond motifs is 1. The Hall–Kier alpha value is -2.18. The molecule has 0 bridgehead atoms. The van der Waals surface area contributed by atoms with Crippen LogP contribution >= 0.6 is 22.7 Å². The van der Waals surface area contributed by atoms with E-state index in [0.29, 0.717) is 12.2 Å². The van der Waals surface area contributed by atoms with E-state index in [1.807, 2.05) is 25.1 Å². The highest BCUT2D eigenvalue weighted by Gasteiger charge is 2.26. The lowest BCUT2D eigenvalue weighted by Crippen LogP contribution is -2.14. The summed E-state index contributed by atoms with van der Waals surface area (Å²) in [6.07, 6.45) is 4.27. The quantitative estimate of drug-likeness (QED) is 0.567. The van der Waals surface area contributed by atoms with Crippen molar-refractivity contribution in [3.63, 3.8) is 0 Å². The molecule has 2 aromatic heterocycles. The van der Waals surface area contributed by atoms with E-state index in [4.69, 9.17) is 9.73 Å². The molecule has 1 aliphatic carbocycles. The van der Waals surface area contributed by atoms with E-state index >= 15 is 0 Å². The first-order chi connectivity index (χ1) is 13.2. The molecule has 0 unspecified atom stereocenters. The Labute approximate surface area is 166 Å². The average molecular weight is 399 g/mol. The van der Waals surface area contributed by atoms with Gasteiger partial charge in [-0.15, -0.1) is 22.7 Å². The summed E-state index contributed by atoms with van der Waals surface area (Å²) in [6.45, 7) is 4.30. The number of carbonyl (C=O) groups excluding carboxylic acids is 1. The van der Waals surface area contributed by atoms with Crippen molar-refractivity contribution in [2.75, 3.05) is 6.61 Å². The Kier molecular flexibility index (Phi) is 5.27. The Bertz CT molecular complexity index is 1030. The molecule has 2 heterocycles. The number of para-hydroxylation sites is 1. The van der Waals surface area contributed by atoms with E-state index < -0.39 is 0 Å². The fourth-order valence-corrected chi connectivity index (χ4v) is 5.68. The summed E-state index contributed by atoms with van der Waals surface area (Å²) in [7, 11) is 0. The molecule has 0 saturated carbocycles. The summed E-state index contributed by atoms with van der Waals surface area (Å²) in [6, 6.07) is 10.2. The van der Waals surface area contributed by atoms with E-state index in [-0.39, 0.29) is 5.97 Å². The highest BCUT2D eigenvalue weighted by molar-refractivity contribution is 7.16. The lowest BCUT2D eigenvalue weighted by Gasteiger charge is -2.11. The second-order valence-electron chi connectivity index (χ2n) is 6.55. The van der Waals surface area contributed by atoms with Crippen LogP contribution in [0.4, 0.5) is 5.00 Å². The third kappa shape index (κ3) is 3.51. The number of hydrogen-bond donors (Lipinski definition) is 0. The Balaban J connectivity index is 1.89. The van der Waals surface area contributed by atoms with Crippen molar-refractivity contribution in [1.29, 1.82) is 0 Å². The molecule has 140 valence electrons. The highest BCUT2D eigenvalue weighted by Crippen LogP contribution is 2.40. The lowest BCUT2D eigenvalue weighted by molar-refractivity contribution is 0.0526. The van der Waals surface area contributed by atoms with Crippen molar-refractivity contribution in [3.8, 4) is 5.69 Å². The number of benzene rings is 1. The summed E-state index contributed by atoms with van der Waals surface area (Å²) in [5.41, 5.74) is 4.04. The molecule has 3 aromatic rings. The van der Waals surface area contributed by atoms with E-state index in [1.54, 1.807) is 22.7 Å². The maximum Gasteiger partial charge on any atom is 0.341 e. The molecule has 4 rings (SSSR count). The second kappa shape index (κ2) is 7.82. The van der Waals surface area contributed by atoms with Crippen molar-refractivity contribution >= 4 is 33.6 Å². The number of esters is 1. The van der Waals surface area contributed by atoms with E-state index in [2.05, 4.69) is 29.0 Å². The zero-order valence-electron chi connectivity index (χ0n) is 15.5. The summed E-state index contributed by atoms with van der Waals surface area (Å²) in [4.78, 5) is 19.8. The number of nitrogens with zero attached hydrogens (tertiary/aromatic N) is 2. The predicted octanol–water partition coefficient (Wildman–Crippen LogP) is 5.20. The number of rotatable bonds is 4. The largest absolute Gasteiger partial charge is 0.462 e. The van der Waals surface area contributed by atoms with Crippen LogP contribution in [-0.4, -0.2) is 17.1 Å². The monoisotopic (exact) mass is 398 g/mol. The van der Waals surface area contributed by atoms with Crippen LogP contribution in [0, 0.1) is 6.92 Å². The van der Waals surface area contributed by atoms with Gasteiger partial charge < -0.3 is 4.74 Å². The SMILES string of the molecule is CCOC(=O)c1c(N=c2scc(C)n2-c2ccccc2)sc2c1CCCC2. The molecule has 0 spiro atoms. The molecule has 0 N–H and O–H groups in total. The zero-order valence-corrected chi connectivity index (χ0v) is 17.2. The van der Waals surface area contributed by atoms with Gasteiger partial charge in [0.05, 0.1) is 12.2 Å². The fourth-order valence-electron chi connectivity index (χ4n) is 3.49. The normalized spacial score (nSPS) is 14.2. The van der Waals surface area contributed by atoms with Crippen LogP contribution in [0.25, 0.3) is 5.69 Å². The van der Waals surface area contributed by atoms with Crippen molar-refractivity contribution in [1.82, 2.24) is 4.57 Å². The Morgan fingerprint density at radius 3 is 2.78 bits per heavy atom. The second-order valence-corrected chi connectivity index (χ2v) is 8.47. The van der Waals surface area contributed by atoms with E-state index in [0.717, 1.165) is 46.0 Å². The topological polar surface area (TPSA) is 43.6 Å². The zero-order chi connectivity index (χ0) is 18.8. The highest BCUT2D eigenvalue weighted by atomic mass is 32.1. The number of aryl methyl sites for hydroxylation is 2. The first-order valence-corrected chi connectivity index (χ1v) is 11.0. The van der Waals surface area contributed by atoms with Gasteiger partial charge in [0.25, 0.3) is 0 Å². The molecule has 0 saturated heterocycles. The van der Waals surface area contributed by atoms with Gasteiger partial charge in [-0.2, -0.15) is 0 Å². The first kappa shape index (κ1) is 18.2. The molecule has 1 aliphatic rings. The number of carbonyl (C=O) groups is 1. The van der Waals surface area contributed by atoms with E-state index in [9.17, 15) is 4.79 Å². The molecule has 0 radical (unpaired) electrons. The van der Waals surface area contributed by atoms with Crippen LogP contribution in [0.5, 0.6) is 0 Å². The van der Waals surface area contributed by atoms with Gasteiger partial charge in [-0.1, -0.05) is 18.2 Å². The van der Waals surface area contributed by atoms with Crippen LogP contribution in [0.2, 0.25) is 0 Å². The first-order valence-electron chi connectivity index (χ1n) is 9.28. The molecular formula is C21H22N2O2S2. The minimum atomic E-state index is -0.241. The van der Waals surface area contributed by atoms with Crippen LogP contribution in [0.1, 0.15) is 46.3 Å². The van der Waals surface area contributed by atoms with Crippen molar-refractivity contribution in [2.24, 2.45) is 4.99 Å². The predicted molar refractivity (Wildman–Crippen MR) is 111 cm³/mol. The van der Waals surface area contributed by atoms with Crippen LogP contribution in [0.3, 0.4) is 0 Å². The van der Waals surface area contributed by atoms with E-state index in [1.165, 1.54) is 11.3 Å². The summed E-state index contributed by atoms with van der Waals surface area (Å²) in [5.74, 6) is -0.241. The van der Waals surface area contributed by atoms with Crippen LogP contribution in [0.15, 0.2) is 40.7 Å². The molecular weight excluding hydrogens is 376 g/mol. The third-order valence-electron chi connectivity index (χ3n) is 4.72. The average Bonchev–Trinajstić information content (AvgIpc) is 3.23. The van der Waals surface area contributed by atoms with Crippen molar-refractivity contribution in [2.45, 2.75) is 39.5 Å². The van der Waals surface area contributed by atoms with Gasteiger partial charge in [0.1, 0.15) is 5.00 Å². The minimum Gasteiger partial charge on any atom is -0.462 e. The molecule has 0 fully saturated rings. The van der Waals surface area contributed by atoms with Crippen LogP contribution in [-0.2, 0) is 17.6 Å². The van der Waals surface area contributed by atoms with Gasteiger partial charge in [0, 0.05) is 21.6 Å². The number of ether oxygens (including phenoxy) is 1. The molecule has 0 amide bonds. The lowest BCUT2D eigenvalue weighted by atomic mass is 9.95. The molecule has 0 atom stereocenters. The number of thiazole rings is 1. The summed E-state index contributed by atoms with van der Waals surface area (Å²) >= 11 is 3.25. The Morgan fingerprint density at radius 1 is 1.22 bits per heavy atom. The maximum absolute atomic E-state index is 12.7.